The third-order valence-electron chi connectivity index (χ3n) is 1.30. The zero-order valence-corrected chi connectivity index (χ0v) is 7.54. The quantitative estimate of drug-likeness (QED) is 0.708. The van der Waals surface area contributed by atoms with E-state index in [9.17, 15) is 4.79 Å². The van der Waals surface area contributed by atoms with Gasteiger partial charge >= 0.3 is 6.03 Å². The average molecular weight is 182 g/mol. The highest BCUT2D eigenvalue weighted by Crippen LogP contribution is 2.19. The normalized spacial score (nSPS) is 9.42. The second-order valence-corrected chi connectivity index (χ2v) is 3.44. The van der Waals surface area contributed by atoms with Gasteiger partial charge in [0.05, 0.1) is 0 Å². The zero-order valence-electron chi connectivity index (χ0n) is 6.73. The van der Waals surface area contributed by atoms with Gasteiger partial charge in [-0.3, -0.25) is 4.31 Å². The van der Waals surface area contributed by atoms with Crippen molar-refractivity contribution in [3.8, 4) is 0 Å². The fraction of sp³-hybridized carbons (Fsp3) is 0.125. The molecular weight excluding hydrogens is 172 g/mol. The summed E-state index contributed by atoms with van der Waals surface area (Å²) in [5, 5.41) is 0. The molecule has 0 aliphatic rings. The van der Waals surface area contributed by atoms with E-state index >= 15 is 0 Å². The minimum atomic E-state index is -0.441. The van der Waals surface area contributed by atoms with Crippen LogP contribution >= 0.6 is 11.9 Å². The van der Waals surface area contributed by atoms with Gasteiger partial charge in [0, 0.05) is 11.9 Å². The first-order valence-corrected chi connectivity index (χ1v) is 4.23. The van der Waals surface area contributed by atoms with Crippen LogP contribution in [0.1, 0.15) is 0 Å². The lowest BCUT2D eigenvalue weighted by Crippen LogP contribution is -2.25. The van der Waals surface area contributed by atoms with E-state index in [4.69, 9.17) is 5.73 Å². The summed E-state index contributed by atoms with van der Waals surface area (Å²) in [6.07, 6.45) is 0. The topological polar surface area (TPSA) is 46.3 Å². The molecule has 0 aliphatic heterocycles. The summed E-state index contributed by atoms with van der Waals surface area (Å²) >= 11 is 1.31. The fourth-order valence-electron chi connectivity index (χ4n) is 0.684. The van der Waals surface area contributed by atoms with Crippen LogP contribution in [0.15, 0.2) is 35.2 Å². The van der Waals surface area contributed by atoms with Gasteiger partial charge in [-0.15, -0.1) is 0 Å². The summed E-state index contributed by atoms with van der Waals surface area (Å²) in [5.41, 5.74) is 5.05. The van der Waals surface area contributed by atoms with E-state index in [0.29, 0.717) is 0 Å². The third kappa shape index (κ3) is 2.47. The van der Waals surface area contributed by atoms with Crippen molar-refractivity contribution in [1.82, 2.24) is 4.31 Å². The van der Waals surface area contributed by atoms with Crippen molar-refractivity contribution in [2.75, 3.05) is 7.05 Å². The molecule has 12 heavy (non-hydrogen) atoms. The molecule has 0 saturated carbocycles. The zero-order chi connectivity index (χ0) is 8.97. The summed E-state index contributed by atoms with van der Waals surface area (Å²) in [5.74, 6) is 0. The molecule has 1 rings (SSSR count). The Labute approximate surface area is 75.7 Å². The number of amides is 2. The van der Waals surface area contributed by atoms with Gasteiger partial charge in [0.1, 0.15) is 0 Å². The van der Waals surface area contributed by atoms with E-state index in [2.05, 4.69) is 0 Å². The predicted octanol–water partition coefficient (Wildman–Crippen LogP) is 1.70. The van der Waals surface area contributed by atoms with Crippen LogP contribution in [0.5, 0.6) is 0 Å². The van der Waals surface area contributed by atoms with Crippen LogP contribution < -0.4 is 5.73 Å². The second-order valence-electron chi connectivity index (χ2n) is 2.24. The van der Waals surface area contributed by atoms with Gasteiger partial charge in [0.2, 0.25) is 0 Å². The molecule has 0 aromatic heterocycles. The van der Waals surface area contributed by atoms with E-state index < -0.39 is 6.03 Å². The molecule has 0 saturated heterocycles. The molecule has 2 amide bonds. The van der Waals surface area contributed by atoms with E-state index in [-0.39, 0.29) is 0 Å². The minimum absolute atomic E-state index is 0.441. The van der Waals surface area contributed by atoms with Crippen LogP contribution in [0.2, 0.25) is 0 Å². The molecule has 64 valence electrons. The predicted molar refractivity (Wildman–Crippen MR) is 49.6 cm³/mol. The molecule has 0 atom stereocenters. The number of urea groups is 1. The summed E-state index contributed by atoms with van der Waals surface area (Å²) in [6, 6.07) is 9.15. The molecule has 0 radical (unpaired) electrons. The highest BCUT2D eigenvalue weighted by Gasteiger charge is 2.03. The minimum Gasteiger partial charge on any atom is -0.351 e. The molecule has 0 heterocycles. The number of benzene rings is 1. The summed E-state index contributed by atoms with van der Waals surface area (Å²) in [7, 11) is 1.64. The van der Waals surface area contributed by atoms with Gasteiger partial charge < -0.3 is 5.73 Å². The smallest absolute Gasteiger partial charge is 0.324 e. The van der Waals surface area contributed by atoms with Crippen LogP contribution in [-0.4, -0.2) is 17.4 Å². The molecule has 1 aromatic rings. The fourth-order valence-corrected chi connectivity index (χ4v) is 1.37. The molecule has 0 bridgehead atoms. The Morgan fingerprint density at radius 2 is 2.00 bits per heavy atom. The van der Waals surface area contributed by atoms with Crippen molar-refractivity contribution in [1.29, 1.82) is 0 Å². The SMILES string of the molecule is CN(Sc1ccccc1)C(N)=O. The maximum Gasteiger partial charge on any atom is 0.324 e. The van der Waals surface area contributed by atoms with Crippen molar-refractivity contribution in [2.24, 2.45) is 5.73 Å². The van der Waals surface area contributed by atoms with Crippen molar-refractivity contribution >= 4 is 18.0 Å². The molecule has 0 unspecified atom stereocenters. The number of hydrogen-bond acceptors (Lipinski definition) is 2. The molecule has 0 aliphatic carbocycles. The Morgan fingerprint density at radius 1 is 1.42 bits per heavy atom. The van der Waals surface area contributed by atoms with E-state index in [1.807, 2.05) is 30.3 Å². The number of hydrogen-bond donors (Lipinski definition) is 1. The number of carbonyl (C=O) groups is 1. The lowest BCUT2D eigenvalue weighted by Gasteiger charge is -2.11. The Morgan fingerprint density at radius 3 is 2.50 bits per heavy atom. The summed E-state index contributed by atoms with van der Waals surface area (Å²) in [6.45, 7) is 0. The first-order chi connectivity index (χ1) is 5.70. The lowest BCUT2D eigenvalue weighted by molar-refractivity contribution is 0.239. The van der Waals surface area contributed by atoms with Crippen LogP contribution in [0.4, 0.5) is 4.79 Å². The second kappa shape index (κ2) is 4.01. The van der Waals surface area contributed by atoms with E-state index in [1.54, 1.807) is 7.05 Å². The molecular formula is C8H10N2OS. The van der Waals surface area contributed by atoms with Crippen LogP contribution in [0.25, 0.3) is 0 Å². The van der Waals surface area contributed by atoms with Gasteiger partial charge in [-0.25, -0.2) is 4.79 Å². The summed E-state index contributed by atoms with van der Waals surface area (Å²) < 4.78 is 1.38. The number of nitrogens with zero attached hydrogens (tertiary/aromatic N) is 1. The lowest BCUT2D eigenvalue weighted by atomic mass is 10.4. The highest BCUT2D eigenvalue weighted by molar-refractivity contribution is 7.97. The number of nitrogens with two attached hydrogens (primary N) is 1. The average Bonchev–Trinajstić information content (AvgIpc) is 2.06. The van der Waals surface area contributed by atoms with Gasteiger partial charge in [0.25, 0.3) is 0 Å². The number of primary amides is 1. The standard InChI is InChI=1S/C8H10N2OS/c1-10(8(9)11)12-7-5-3-2-4-6-7/h2-6H,1H3,(H2,9,11). The van der Waals surface area contributed by atoms with Crippen LogP contribution in [-0.2, 0) is 0 Å². The molecule has 4 heteroatoms. The van der Waals surface area contributed by atoms with Gasteiger partial charge in [-0.1, -0.05) is 18.2 Å². The first-order valence-electron chi connectivity index (χ1n) is 3.46. The Balaban J connectivity index is 2.58. The van der Waals surface area contributed by atoms with Crippen molar-refractivity contribution in [3.63, 3.8) is 0 Å². The van der Waals surface area contributed by atoms with Gasteiger partial charge in [-0.05, 0) is 24.1 Å². The molecule has 0 fully saturated rings. The van der Waals surface area contributed by atoms with Crippen molar-refractivity contribution in [2.45, 2.75) is 4.90 Å². The maximum absolute atomic E-state index is 10.6. The van der Waals surface area contributed by atoms with E-state index in [0.717, 1.165) is 4.90 Å². The molecule has 2 N–H and O–H groups in total. The Kier molecular flexibility index (Phi) is 2.99. The monoisotopic (exact) mass is 182 g/mol. The number of carbonyl (C=O) groups excluding carboxylic acids is 1. The Hall–Kier alpha value is -1.16. The maximum atomic E-state index is 10.6. The van der Waals surface area contributed by atoms with Crippen LogP contribution in [0.3, 0.4) is 0 Å². The molecule has 3 nitrogen and oxygen atoms in total. The Bertz CT molecular complexity index is 263. The highest BCUT2D eigenvalue weighted by atomic mass is 32.2. The number of rotatable bonds is 2. The van der Waals surface area contributed by atoms with E-state index in [1.165, 1.54) is 16.3 Å². The van der Waals surface area contributed by atoms with Crippen LogP contribution in [0, 0.1) is 0 Å². The van der Waals surface area contributed by atoms with Crippen molar-refractivity contribution < 1.29 is 4.79 Å². The largest absolute Gasteiger partial charge is 0.351 e. The third-order valence-corrected chi connectivity index (χ3v) is 2.23. The molecule has 1 aromatic carbocycles. The van der Waals surface area contributed by atoms with Gasteiger partial charge in [0.15, 0.2) is 0 Å². The van der Waals surface area contributed by atoms with Crippen molar-refractivity contribution in [3.05, 3.63) is 30.3 Å². The summed E-state index contributed by atoms with van der Waals surface area (Å²) in [4.78, 5) is 11.6. The first kappa shape index (κ1) is 8.93. The van der Waals surface area contributed by atoms with Gasteiger partial charge in [-0.2, -0.15) is 0 Å². The molecule has 0 spiro atoms.